The van der Waals surface area contributed by atoms with Gasteiger partial charge in [-0.3, -0.25) is 9.78 Å². The van der Waals surface area contributed by atoms with Crippen LogP contribution in [0.3, 0.4) is 0 Å². The Labute approximate surface area is 128 Å². The number of carbonyl (C=O) groups is 1. The van der Waals surface area contributed by atoms with Crippen LogP contribution in [0.5, 0.6) is 0 Å². The molecular formula is C18H28N2O. The van der Waals surface area contributed by atoms with E-state index in [0.29, 0.717) is 17.9 Å². The number of hydrogen-bond acceptors (Lipinski definition) is 2. The van der Waals surface area contributed by atoms with Gasteiger partial charge in [0, 0.05) is 18.4 Å². The van der Waals surface area contributed by atoms with Gasteiger partial charge in [0.25, 0.3) is 0 Å². The summed E-state index contributed by atoms with van der Waals surface area (Å²) in [6.45, 7) is 6.95. The molecule has 0 bridgehead atoms. The smallest absolute Gasteiger partial charge is 0.224 e. The molecule has 0 radical (unpaired) electrons. The van der Waals surface area contributed by atoms with Gasteiger partial charge in [-0.2, -0.15) is 0 Å². The number of rotatable bonds is 4. The third-order valence-electron chi connectivity index (χ3n) is 4.23. The van der Waals surface area contributed by atoms with Gasteiger partial charge in [0.05, 0.1) is 6.42 Å². The van der Waals surface area contributed by atoms with E-state index < -0.39 is 0 Å². The molecule has 1 heterocycles. The van der Waals surface area contributed by atoms with Crippen molar-refractivity contribution in [1.82, 2.24) is 10.3 Å². The number of nitrogens with one attached hydrogen (secondary N) is 1. The van der Waals surface area contributed by atoms with Crippen molar-refractivity contribution in [1.29, 1.82) is 0 Å². The van der Waals surface area contributed by atoms with E-state index >= 15 is 0 Å². The number of carbonyl (C=O) groups excluding carboxylic acids is 1. The average Bonchev–Trinajstić information content (AvgIpc) is 2.40. The maximum atomic E-state index is 12.1. The third-order valence-corrected chi connectivity index (χ3v) is 4.23. The van der Waals surface area contributed by atoms with Crippen molar-refractivity contribution in [2.24, 2.45) is 11.3 Å². The number of amides is 1. The van der Waals surface area contributed by atoms with Crippen molar-refractivity contribution in [2.45, 2.75) is 65.3 Å². The van der Waals surface area contributed by atoms with Crippen molar-refractivity contribution >= 4 is 5.91 Å². The Kier molecular flexibility index (Phi) is 5.38. The molecule has 1 N–H and O–H groups in total. The van der Waals surface area contributed by atoms with Crippen molar-refractivity contribution in [2.75, 3.05) is 0 Å². The minimum atomic E-state index is 0.139. The lowest BCUT2D eigenvalue weighted by atomic mass is 9.76. The van der Waals surface area contributed by atoms with Gasteiger partial charge in [0.1, 0.15) is 0 Å². The first-order valence-electron chi connectivity index (χ1n) is 8.11. The molecule has 116 valence electrons. The summed E-state index contributed by atoms with van der Waals surface area (Å²) in [5.41, 5.74) is 1.45. The van der Waals surface area contributed by atoms with E-state index in [-0.39, 0.29) is 5.91 Å². The van der Waals surface area contributed by atoms with Crippen molar-refractivity contribution < 1.29 is 4.79 Å². The third kappa shape index (κ3) is 5.86. The lowest BCUT2D eigenvalue weighted by Gasteiger charge is -2.33. The first-order chi connectivity index (χ1) is 9.92. The molecular weight excluding hydrogens is 260 g/mol. The Morgan fingerprint density at radius 2 is 1.81 bits per heavy atom. The highest BCUT2D eigenvalue weighted by molar-refractivity contribution is 5.78. The molecule has 0 unspecified atom stereocenters. The van der Waals surface area contributed by atoms with Gasteiger partial charge in [-0.15, -0.1) is 0 Å². The first kappa shape index (κ1) is 16.0. The van der Waals surface area contributed by atoms with Crippen LogP contribution in [0.4, 0.5) is 0 Å². The zero-order chi connectivity index (χ0) is 15.3. The minimum Gasteiger partial charge on any atom is -0.353 e. The molecule has 2 rings (SSSR count). The van der Waals surface area contributed by atoms with Gasteiger partial charge in [0.2, 0.25) is 5.91 Å². The van der Waals surface area contributed by atoms with Gasteiger partial charge in [-0.1, -0.05) is 20.8 Å². The van der Waals surface area contributed by atoms with Gasteiger partial charge in [-0.25, -0.2) is 0 Å². The molecule has 3 heteroatoms. The van der Waals surface area contributed by atoms with Crippen LogP contribution < -0.4 is 5.32 Å². The van der Waals surface area contributed by atoms with E-state index in [9.17, 15) is 4.79 Å². The van der Waals surface area contributed by atoms with Crippen molar-refractivity contribution in [3.63, 3.8) is 0 Å². The molecule has 1 aromatic rings. The summed E-state index contributed by atoms with van der Waals surface area (Å²) in [6, 6.07) is 4.18. The highest BCUT2D eigenvalue weighted by Gasteiger charge is 2.25. The molecule has 1 fully saturated rings. The fourth-order valence-electron chi connectivity index (χ4n) is 3.34. The van der Waals surface area contributed by atoms with E-state index in [2.05, 4.69) is 31.1 Å². The highest BCUT2D eigenvalue weighted by atomic mass is 16.1. The van der Waals surface area contributed by atoms with Crippen LogP contribution in [-0.4, -0.2) is 16.9 Å². The van der Waals surface area contributed by atoms with E-state index in [4.69, 9.17) is 0 Å². The fraction of sp³-hybridized carbons (Fsp3) is 0.667. The quantitative estimate of drug-likeness (QED) is 0.917. The average molecular weight is 288 g/mol. The second-order valence-corrected chi connectivity index (χ2v) is 7.58. The Morgan fingerprint density at radius 1 is 1.19 bits per heavy atom. The zero-order valence-corrected chi connectivity index (χ0v) is 13.6. The Balaban J connectivity index is 1.72. The zero-order valence-electron chi connectivity index (χ0n) is 13.6. The molecule has 3 nitrogen and oxygen atoms in total. The van der Waals surface area contributed by atoms with Crippen molar-refractivity contribution in [3.05, 3.63) is 30.1 Å². The van der Waals surface area contributed by atoms with Gasteiger partial charge < -0.3 is 5.32 Å². The van der Waals surface area contributed by atoms with E-state index in [1.54, 1.807) is 12.4 Å². The molecule has 0 aromatic carbocycles. The summed E-state index contributed by atoms with van der Waals surface area (Å²) in [5, 5.41) is 3.19. The predicted molar refractivity (Wildman–Crippen MR) is 85.9 cm³/mol. The molecule has 0 atom stereocenters. The van der Waals surface area contributed by atoms with Gasteiger partial charge in [-0.05, 0) is 61.1 Å². The van der Waals surface area contributed by atoms with E-state index in [0.717, 1.165) is 24.3 Å². The molecule has 0 aliphatic heterocycles. The number of aromatic nitrogens is 1. The van der Waals surface area contributed by atoms with E-state index in [1.165, 1.54) is 19.3 Å². The Bertz CT molecular complexity index is 442. The van der Waals surface area contributed by atoms with Gasteiger partial charge in [0.15, 0.2) is 0 Å². The van der Waals surface area contributed by atoms with Crippen molar-refractivity contribution in [3.8, 4) is 0 Å². The summed E-state index contributed by atoms with van der Waals surface area (Å²) in [6.07, 6.45) is 9.98. The standard InChI is InChI=1S/C18H28N2O/c1-18(2,3)13-15-4-6-16(7-5-15)20-17(21)12-14-8-10-19-11-9-14/h8-11,15-16H,4-7,12-13H2,1-3H3,(H,20,21)/t15-,16-. The maximum Gasteiger partial charge on any atom is 0.224 e. The maximum absolute atomic E-state index is 12.1. The number of nitrogens with zero attached hydrogens (tertiary/aromatic N) is 1. The second-order valence-electron chi connectivity index (χ2n) is 7.58. The predicted octanol–water partition coefficient (Wildman–Crippen LogP) is 3.74. The molecule has 1 aromatic heterocycles. The molecule has 1 aliphatic rings. The molecule has 0 spiro atoms. The summed E-state index contributed by atoms with van der Waals surface area (Å²) >= 11 is 0. The summed E-state index contributed by atoms with van der Waals surface area (Å²) in [4.78, 5) is 16.0. The fourth-order valence-corrected chi connectivity index (χ4v) is 3.34. The van der Waals surface area contributed by atoms with Crippen LogP contribution in [0.15, 0.2) is 24.5 Å². The van der Waals surface area contributed by atoms with Crippen LogP contribution >= 0.6 is 0 Å². The first-order valence-corrected chi connectivity index (χ1v) is 8.11. The van der Waals surface area contributed by atoms with Crippen LogP contribution in [0.2, 0.25) is 0 Å². The molecule has 1 amide bonds. The minimum absolute atomic E-state index is 0.139. The highest BCUT2D eigenvalue weighted by Crippen LogP contribution is 2.34. The summed E-state index contributed by atoms with van der Waals surface area (Å²) < 4.78 is 0. The Hall–Kier alpha value is -1.38. The van der Waals surface area contributed by atoms with Crippen LogP contribution in [0.25, 0.3) is 0 Å². The van der Waals surface area contributed by atoms with Crippen LogP contribution in [0.1, 0.15) is 58.4 Å². The molecule has 21 heavy (non-hydrogen) atoms. The lowest BCUT2D eigenvalue weighted by Crippen LogP contribution is -2.38. The summed E-state index contributed by atoms with van der Waals surface area (Å²) in [7, 11) is 0. The number of hydrogen-bond donors (Lipinski definition) is 1. The summed E-state index contributed by atoms with van der Waals surface area (Å²) in [5.74, 6) is 0.971. The molecule has 1 aliphatic carbocycles. The normalized spacial score (nSPS) is 22.8. The van der Waals surface area contributed by atoms with E-state index in [1.807, 2.05) is 12.1 Å². The monoisotopic (exact) mass is 288 g/mol. The van der Waals surface area contributed by atoms with Crippen LogP contribution in [0, 0.1) is 11.3 Å². The topological polar surface area (TPSA) is 42.0 Å². The van der Waals surface area contributed by atoms with Crippen LogP contribution in [-0.2, 0) is 11.2 Å². The number of pyridine rings is 1. The lowest BCUT2D eigenvalue weighted by molar-refractivity contribution is -0.121. The Morgan fingerprint density at radius 3 is 2.38 bits per heavy atom. The SMILES string of the molecule is CC(C)(C)C[C@H]1CC[C@H](NC(=O)Cc2ccncc2)CC1. The van der Waals surface area contributed by atoms with Gasteiger partial charge >= 0.3 is 0 Å². The largest absolute Gasteiger partial charge is 0.353 e. The molecule has 0 saturated heterocycles. The second kappa shape index (κ2) is 7.06. The molecule has 1 saturated carbocycles.